The Morgan fingerprint density at radius 1 is 1.13 bits per heavy atom. The van der Waals surface area contributed by atoms with Crippen molar-refractivity contribution in [3.8, 4) is 6.07 Å². The molecule has 0 aromatic heterocycles. The molecule has 4 unspecified atom stereocenters. The third kappa shape index (κ3) is 4.21. The maximum absolute atomic E-state index is 12.7. The van der Waals surface area contributed by atoms with Gasteiger partial charge in [-0.3, -0.25) is 14.5 Å². The Hall–Kier alpha value is -2.41. The number of halogens is 1. The first-order chi connectivity index (χ1) is 14.1. The summed E-state index contributed by atoms with van der Waals surface area (Å²) in [5, 5.41) is 15.3. The van der Waals surface area contributed by atoms with Crippen LogP contribution in [0.2, 0.25) is 0 Å². The highest BCUT2D eigenvalue weighted by molar-refractivity contribution is 14.0. The van der Waals surface area contributed by atoms with E-state index in [1.54, 1.807) is 12.1 Å². The minimum Gasteiger partial charge on any atom is -0.357 e. The molecule has 1 aromatic carbocycles. The molecule has 1 saturated heterocycles. The van der Waals surface area contributed by atoms with Crippen LogP contribution >= 0.6 is 24.0 Å². The zero-order valence-electron chi connectivity index (χ0n) is 16.9. The van der Waals surface area contributed by atoms with Crippen LogP contribution in [0, 0.1) is 35.0 Å². The van der Waals surface area contributed by atoms with Crippen molar-refractivity contribution in [1.82, 2.24) is 15.5 Å². The number of imide groups is 1. The van der Waals surface area contributed by atoms with Crippen molar-refractivity contribution in [2.24, 2.45) is 28.7 Å². The fourth-order valence-electron chi connectivity index (χ4n) is 4.67. The van der Waals surface area contributed by atoms with Gasteiger partial charge >= 0.3 is 0 Å². The number of benzene rings is 1. The van der Waals surface area contributed by atoms with Gasteiger partial charge in [0.15, 0.2) is 5.96 Å². The molecule has 4 rings (SSSR count). The largest absolute Gasteiger partial charge is 0.357 e. The smallest absolute Gasteiger partial charge is 0.233 e. The van der Waals surface area contributed by atoms with Gasteiger partial charge in [-0.05, 0) is 42.9 Å². The predicted molar refractivity (Wildman–Crippen MR) is 124 cm³/mol. The molecule has 0 spiro atoms. The molecule has 2 N–H and O–H groups in total. The average molecular weight is 519 g/mol. The van der Waals surface area contributed by atoms with E-state index in [2.05, 4.69) is 33.8 Å². The summed E-state index contributed by atoms with van der Waals surface area (Å²) in [5.41, 5.74) is 1.62. The average Bonchev–Trinajstić information content (AvgIpc) is 3.42. The lowest BCUT2D eigenvalue weighted by atomic mass is 9.85. The lowest BCUT2D eigenvalue weighted by Crippen LogP contribution is -2.43. The Morgan fingerprint density at radius 2 is 1.77 bits per heavy atom. The number of guanidine groups is 1. The maximum Gasteiger partial charge on any atom is 0.233 e. The second-order valence-electron chi connectivity index (χ2n) is 7.76. The van der Waals surface area contributed by atoms with Gasteiger partial charge in [-0.1, -0.05) is 24.3 Å². The molecule has 2 fully saturated rings. The number of nitrogens with zero attached hydrogens (tertiary/aromatic N) is 3. The normalized spacial score (nSPS) is 26.4. The molecule has 1 saturated carbocycles. The molecule has 0 radical (unpaired) electrons. The summed E-state index contributed by atoms with van der Waals surface area (Å²) in [6.07, 6.45) is 5.17. The summed E-state index contributed by atoms with van der Waals surface area (Å²) in [7, 11) is 0. The van der Waals surface area contributed by atoms with Crippen molar-refractivity contribution in [1.29, 1.82) is 5.26 Å². The second kappa shape index (κ2) is 9.60. The van der Waals surface area contributed by atoms with E-state index in [9.17, 15) is 9.59 Å². The van der Waals surface area contributed by atoms with Gasteiger partial charge in [-0.15, -0.1) is 24.0 Å². The van der Waals surface area contributed by atoms with Crippen LogP contribution in [0.5, 0.6) is 0 Å². The van der Waals surface area contributed by atoms with Crippen LogP contribution in [0.3, 0.4) is 0 Å². The molecule has 1 aliphatic heterocycles. The van der Waals surface area contributed by atoms with E-state index in [0.717, 1.165) is 12.0 Å². The molecule has 7 nitrogen and oxygen atoms in total. The highest BCUT2D eigenvalue weighted by Gasteiger charge is 2.58. The van der Waals surface area contributed by atoms with Crippen LogP contribution in [0.15, 0.2) is 41.4 Å². The number of amides is 2. The van der Waals surface area contributed by atoms with Crippen LogP contribution in [-0.2, 0) is 16.1 Å². The third-order valence-electron chi connectivity index (χ3n) is 6.04. The fraction of sp³-hybridized carbons (Fsp3) is 0.455. The van der Waals surface area contributed by atoms with Gasteiger partial charge in [0.25, 0.3) is 0 Å². The van der Waals surface area contributed by atoms with Crippen molar-refractivity contribution < 1.29 is 9.59 Å². The summed E-state index contributed by atoms with van der Waals surface area (Å²) in [5.74, 6) is 0.803. The second-order valence-corrected chi connectivity index (χ2v) is 7.76. The summed E-state index contributed by atoms with van der Waals surface area (Å²) in [6.45, 7) is 3.97. The maximum atomic E-state index is 12.7. The summed E-state index contributed by atoms with van der Waals surface area (Å²) in [4.78, 5) is 31.4. The van der Waals surface area contributed by atoms with Gasteiger partial charge < -0.3 is 10.6 Å². The first kappa shape index (κ1) is 22.3. The lowest BCUT2D eigenvalue weighted by molar-refractivity contribution is -0.140. The number of fused-ring (bicyclic) bond motifs is 5. The summed E-state index contributed by atoms with van der Waals surface area (Å²) in [6, 6.07) is 9.41. The number of rotatable bonds is 6. The highest BCUT2D eigenvalue weighted by Crippen LogP contribution is 2.52. The molecule has 1 aromatic rings. The molecule has 8 heteroatoms. The summed E-state index contributed by atoms with van der Waals surface area (Å²) >= 11 is 0. The van der Waals surface area contributed by atoms with E-state index in [4.69, 9.17) is 5.26 Å². The van der Waals surface area contributed by atoms with Gasteiger partial charge in [-0.25, -0.2) is 4.99 Å². The van der Waals surface area contributed by atoms with Crippen LogP contribution in [0.4, 0.5) is 0 Å². The molecule has 4 atom stereocenters. The minimum atomic E-state index is -0.143. The first-order valence-corrected chi connectivity index (χ1v) is 10.2. The number of nitrogens with one attached hydrogen (secondary N) is 2. The first-order valence-electron chi connectivity index (χ1n) is 10.2. The van der Waals surface area contributed by atoms with E-state index in [1.165, 1.54) is 4.90 Å². The Bertz CT molecular complexity index is 875. The zero-order chi connectivity index (χ0) is 20.4. The van der Waals surface area contributed by atoms with Gasteiger partial charge in [0.05, 0.1) is 30.0 Å². The fourth-order valence-corrected chi connectivity index (χ4v) is 4.67. The third-order valence-corrected chi connectivity index (χ3v) is 6.04. The van der Waals surface area contributed by atoms with Gasteiger partial charge in [0.1, 0.15) is 0 Å². The molecule has 2 amide bonds. The zero-order valence-corrected chi connectivity index (χ0v) is 19.2. The van der Waals surface area contributed by atoms with Crippen molar-refractivity contribution in [3.63, 3.8) is 0 Å². The van der Waals surface area contributed by atoms with E-state index in [0.29, 0.717) is 37.7 Å². The van der Waals surface area contributed by atoms with E-state index < -0.39 is 0 Å². The molecule has 30 heavy (non-hydrogen) atoms. The monoisotopic (exact) mass is 519 g/mol. The SMILES string of the molecule is CCNC(=NCc1ccc(C#N)cc1)NCCN1C(=O)C2C3C=CC(C3)C2C1=O.I. The van der Waals surface area contributed by atoms with Crippen LogP contribution in [-0.4, -0.2) is 42.3 Å². The van der Waals surface area contributed by atoms with Gasteiger partial charge in [-0.2, -0.15) is 5.26 Å². The predicted octanol–water partition coefficient (Wildman–Crippen LogP) is 2.04. The molecule has 2 aliphatic carbocycles. The number of carbonyl (C=O) groups excluding carboxylic acids is 2. The minimum absolute atomic E-state index is 0. The molecular formula is C22H26IN5O2. The topological polar surface area (TPSA) is 97.6 Å². The summed E-state index contributed by atoms with van der Waals surface area (Å²) < 4.78 is 0. The Labute approximate surface area is 193 Å². The number of carbonyl (C=O) groups is 2. The van der Waals surface area contributed by atoms with E-state index in [-0.39, 0.29) is 59.5 Å². The number of hydrogen-bond acceptors (Lipinski definition) is 4. The van der Waals surface area contributed by atoms with Crippen molar-refractivity contribution in [3.05, 3.63) is 47.5 Å². The van der Waals surface area contributed by atoms with Crippen LogP contribution < -0.4 is 10.6 Å². The number of likely N-dealkylation sites (tertiary alicyclic amines) is 1. The lowest BCUT2D eigenvalue weighted by Gasteiger charge is -2.18. The van der Waals surface area contributed by atoms with Crippen molar-refractivity contribution in [2.75, 3.05) is 19.6 Å². The van der Waals surface area contributed by atoms with E-state index in [1.807, 2.05) is 19.1 Å². The Kier molecular flexibility index (Phi) is 7.13. The number of allylic oxidation sites excluding steroid dienone is 2. The van der Waals surface area contributed by atoms with Crippen LogP contribution in [0.1, 0.15) is 24.5 Å². The van der Waals surface area contributed by atoms with Crippen LogP contribution in [0.25, 0.3) is 0 Å². The standard InChI is InChI=1S/C22H25N5O2.HI/c1-2-24-22(26-13-15-5-3-14(12-23)4-6-15)25-9-10-27-20(28)18-16-7-8-17(11-16)19(18)21(27)29;/h3-8,16-19H,2,9-11,13H2,1H3,(H2,24,25,26);1H. The Balaban J connectivity index is 0.00000256. The van der Waals surface area contributed by atoms with Gasteiger partial charge in [0, 0.05) is 19.6 Å². The highest BCUT2D eigenvalue weighted by atomic mass is 127. The molecule has 2 bridgehead atoms. The van der Waals surface area contributed by atoms with Gasteiger partial charge in [0.2, 0.25) is 11.8 Å². The van der Waals surface area contributed by atoms with Crippen molar-refractivity contribution in [2.45, 2.75) is 19.9 Å². The molecular weight excluding hydrogens is 493 g/mol. The van der Waals surface area contributed by atoms with E-state index >= 15 is 0 Å². The molecule has 158 valence electrons. The quantitative estimate of drug-likeness (QED) is 0.197. The Morgan fingerprint density at radius 3 is 2.33 bits per heavy atom. The number of nitriles is 1. The van der Waals surface area contributed by atoms with Crippen molar-refractivity contribution >= 4 is 41.8 Å². The molecule has 3 aliphatic rings. The number of aliphatic imine (C=N–C) groups is 1. The number of hydrogen-bond donors (Lipinski definition) is 2. The molecule has 1 heterocycles.